The monoisotopic (exact) mass is 314 g/mol. The molecule has 21 heavy (non-hydrogen) atoms. The zero-order valence-corrected chi connectivity index (χ0v) is 11.7. The number of sulfonamides is 1. The largest absolute Gasteiger partial charge is 0.383 e. The van der Waals surface area contributed by atoms with Crippen LogP contribution in [-0.2, 0) is 14.8 Å². The molecule has 3 amide bonds. The number of H-pyrrole nitrogens is 1. The number of anilines is 1. The first kappa shape index (κ1) is 13.8. The number of carbonyl (C=O) groups excluding carboxylic acids is 2. The van der Waals surface area contributed by atoms with Crippen molar-refractivity contribution in [2.24, 2.45) is 0 Å². The van der Waals surface area contributed by atoms with Gasteiger partial charge in [0.25, 0.3) is 5.91 Å². The summed E-state index contributed by atoms with van der Waals surface area (Å²) in [4.78, 5) is 23.0. The van der Waals surface area contributed by atoms with Gasteiger partial charge in [-0.05, 0) is 12.8 Å². The number of nitrogens with one attached hydrogen (secondary N) is 3. The summed E-state index contributed by atoms with van der Waals surface area (Å²) < 4.78 is 26.1. The fourth-order valence-electron chi connectivity index (χ4n) is 2.62. The van der Waals surface area contributed by atoms with E-state index in [-0.39, 0.29) is 36.6 Å². The summed E-state index contributed by atoms with van der Waals surface area (Å²) in [7, 11) is -3.76. The molecule has 2 aliphatic rings. The molecule has 3 rings (SSSR count). The Balaban J connectivity index is 1.79. The lowest BCUT2D eigenvalue weighted by Gasteiger charge is -2.36. The molecule has 0 bridgehead atoms. The third-order valence-electron chi connectivity index (χ3n) is 3.84. The fourth-order valence-corrected chi connectivity index (χ4v) is 4.07. The molecular formula is C10H14N6O4S. The SMILES string of the molecule is Nc1[nH]ncc1S(=O)(=O)N1CCC2(CC1)NC(=O)NC2=O. The van der Waals surface area contributed by atoms with E-state index in [9.17, 15) is 18.0 Å². The second-order valence-electron chi connectivity index (χ2n) is 5.04. The first-order valence-corrected chi connectivity index (χ1v) is 7.72. The van der Waals surface area contributed by atoms with E-state index < -0.39 is 27.5 Å². The lowest BCUT2D eigenvalue weighted by atomic mass is 9.89. The van der Waals surface area contributed by atoms with Crippen LogP contribution in [-0.4, -0.2) is 53.5 Å². The quantitative estimate of drug-likeness (QED) is 0.480. The molecule has 0 radical (unpaired) electrons. The van der Waals surface area contributed by atoms with Crippen LogP contribution in [0.25, 0.3) is 0 Å². The van der Waals surface area contributed by atoms with Crippen molar-refractivity contribution in [3.8, 4) is 0 Å². The predicted octanol–water partition coefficient (Wildman–Crippen LogP) is -1.65. The molecule has 0 atom stereocenters. The molecule has 5 N–H and O–H groups in total. The molecule has 0 aliphatic carbocycles. The van der Waals surface area contributed by atoms with E-state index in [4.69, 9.17) is 5.73 Å². The number of hydrogen-bond donors (Lipinski definition) is 4. The predicted molar refractivity (Wildman–Crippen MR) is 70.4 cm³/mol. The zero-order chi connectivity index (χ0) is 15.3. The normalized spacial score (nSPS) is 22.3. The second kappa shape index (κ2) is 4.43. The summed E-state index contributed by atoms with van der Waals surface area (Å²) in [6, 6.07) is -0.546. The van der Waals surface area contributed by atoms with E-state index in [0.717, 1.165) is 6.20 Å². The molecule has 2 saturated heterocycles. The van der Waals surface area contributed by atoms with E-state index in [0.29, 0.717) is 0 Å². The summed E-state index contributed by atoms with van der Waals surface area (Å²) in [5.74, 6) is -0.436. The summed E-state index contributed by atoms with van der Waals surface area (Å²) >= 11 is 0. The molecule has 1 aromatic heterocycles. The van der Waals surface area contributed by atoms with E-state index >= 15 is 0 Å². The molecule has 3 heterocycles. The first-order valence-electron chi connectivity index (χ1n) is 6.28. The standard InChI is InChI=1S/C10H14N6O4S/c11-7-6(5-12-15-7)21(19,20)16-3-1-10(2-4-16)8(17)13-9(18)14-10/h5H,1-4H2,(H3,11,12,15)(H2,13,14,17,18). The number of nitrogens with zero attached hydrogens (tertiary/aromatic N) is 2. The van der Waals surface area contributed by atoms with Crippen molar-refractivity contribution in [3.63, 3.8) is 0 Å². The Morgan fingerprint density at radius 2 is 1.95 bits per heavy atom. The second-order valence-corrected chi connectivity index (χ2v) is 6.95. The highest BCUT2D eigenvalue weighted by Crippen LogP contribution is 2.29. The van der Waals surface area contributed by atoms with Crippen LogP contribution >= 0.6 is 0 Å². The van der Waals surface area contributed by atoms with Gasteiger partial charge in [0, 0.05) is 13.1 Å². The van der Waals surface area contributed by atoms with Gasteiger partial charge in [0.2, 0.25) is 10.0 Å². The minimum absolute atomic E-state index is 0.0257. The van der Waals surface area contributed by atoms with Gasteiger partial charge in [0.1, 0.15) is 16.3 Å². The van der Waals surface area contributed by atoms with Gasteiger partial charge in [-0.3, -0.25) is 15.2 Å². The summed E-state index contributed by atoms with van der Waals surface area (Å²) in [5, 5.41) is 10.7. The molecule has 11 heteroatoms. The van der Waals surface area contributed by atoms with Crippen LogP contribution in [0.4, 0.5) is 10.6 Å². The van der Waals surface area contributed by atoms with Gasteiger partial charge in [-0.2, -0.15) is 9.40 Å². The van der Waals surface area contributed by atoms with Crippen LogP contribution in [0.2, 0.25) is 0 Å². The molecule has 0 unspecified atom stereocenters. The Morgan fingerprint density at radius 1 is 1.29 bits per heavy atom. The van der Waals surface area contributed by atoms with Crippen molar-refractivity contribution in [2.75, 3.05) is 18.8 Å². The van der Waals surface area contributed by atoms with Gasteiger partial charge in [-0.1, -0.05) is 0 Å². The topological polar surface area (TPSA) is 150 Å². The maximum atomic E-state index is 12.4. The van der Waals surface area contributed by atoms with Gasteiger partial charge >= 0.3 is 6.03 Å². The Morgan fingerprint density at radius 3 is 2.43 bits per heavy atom. The van der Waals surface area contributed by atoms with Crippen LogP contribution in [0.3, 0.4) is 0 Å². The van der Waals surface area contributed by atoms with Crippen molar-refractivity contribution in [1.29, 1.82) is 0 Å². The number of piperidine rings is 1. The number of nitrogens with two attached hydrogens (primary N) is 1. The van der Waals surface area contributed by atoms with E-state index in [1.165, 1.54) is 4.31 Å². The van der Waals surface area contributed by atoms with Crippen LogP contribution < -0.4 is 16.4 Å². The van der Waals surface area contributed by atoms with Crippen molar-refractivity contribution in [1.82, 2.24) is 25.1 Å². The number of amides is 3. The minimum Gasteiger partial charge on any atom is -0.383 e. The maximum Gasteiger partial charge on any atom is 0.322 e. The molecule has 10 nitrogen and oxygen atoms in total. The lowest BCUT2D eigenvalue weighted by molar-refractivity contribution is -0.125. The van der Waals surface area contributed by atoms with Gasteiger partial charge in [-0.25, -0.2) is 13.2 Å². The number of aromatic amines is 1. The zero-order valence-electron chi connectivity index (χ0n) is 10.9. The molecule has 0 saturated carbocycles. The van der Waals surface area contributed by atoms with Crippen LogP contribution in [0.5, 0.6) is 0 Å². The van der Waals surface area contributed by atoms with Gasteiger partial charge in [0.15, 0.2) is 0 Å². The summed E-state index contributed by atoms with van der Waals surface area (Å²) in [6.45, 7) is 0.224. The van der Waals surface area contributed by atoms with E-state index in [2.05, 4.69) is 20.8 Å². The van der Waals surface area contributed by atoms with Crippen LogP contribution in [0, 0.1) is 0 Å². The van der Waals surface area contributed by atoms with Gasteiger partial charge in [0.05, 0.1) is 6.20 Å². The molecule has 114 valence electrons. The van der Waals surface area contributed by atoms with Crippen molar-refractivity contribution < 1.29 is 18.0 Å². The minimum atomic E-state index is -3.76. The Labute approximate surface area is 120 Å². The number of urea groups is 1. The third kappa shape index (κ3) is 2.05. The molecule has 1 spiro atoms. The van der Waals surface area contributed by atoms with Crippen LogP contribution in [0.1, 0.15) is 12.8 Å². The number of aromatic nitrogens is 2. The van der Waals surface area contributed by atoms with Crippen molar-refractivity contribution >= 4 is 27.8 Å². The fraction of sp³-hybridized carbons (Fsp3) is 0.500. The number of hydrogen-bond acceptors (Lipinski definition) is 6. The molecule has 0 aromatic carbocycles. The van der Waals surface area contributed by atoms with E-state index in [1.54, 1.807) is 0 Å². The smallest absolute Gasteiger partial charge is 0.322 e. The molecular weight excluding hydrogens is 300 g/mol. The molecule has 2 fully saturated rings. The Kier molecular flexibility index (Phi) is 2.92. The number of imide groups is 1. The number of rotatable bonds is 2. The van der Waals surface area contributed by atoms with Crippen LogP contribution in [0.15, 0.2) is 11.1 Å². The Bertz CT molecular complexity index is 703. The van der Waals surface area contributed by atoms with E-state index in [1.807, 2.05) is 0 Å². The van der Waals surface area contributed by atoms with Crippen molar-refractivity contribution in [2.45, 2.75) is 23.3 Å². The average Bonchev–Trinajstić information content (AvgIpc) is 2.95. The average molecular weight is 314 g/mol. The van der Waals surface area contributed by atoms with Gasteiger partial charge in [-0.15, -0.1) is 0 Å². The molecule has 2 aliphatic heterocycles. The highest BCUT2D eigenvalue weighted by atomic mass is 32.2. The number of nitrogen functional groups attached to an aromatic ring is 1. The maximum absolute atomic E-state index is 12.4. The highest BCUT2D eigenvalue weighted by molar-refractivity contribution is 7.89. The van der Waals surface area contributed by atoms with Gasteiger partial charge < -0.3 is 11.1 Å². The summed E-state index contributed by atoms with van der Waals surface area (Å²) in [5.41, 5.74) is 4.54. The number of carbonyl (C=O) groups is 2. The highest BCUT2D eigenvalue weighted by Gasteiger charge is 2.49. The third-order valence-corrected chi connectivity index (χ3v) is 5.77. The first-order chi connectivity index (χ1) is 9.85. The Hall–Kier alpha value is -2.14. The summed E-state index contributed by atoms with van der Waals surface area (Å²) in [6.07, 6.45) is 1.57. The lowest BCUT2D eigenvalue weighted by Crippen LogP contribution is -2.55. The van der Waals surface area contributed by atoms with Crippen molar-refractivity contribution in [3.05, 3.63) is 6.20 Å². The molecule has 1 aromatic rings.